The van der Waals surface area contributed by atoms with Gasteiger partial charge in [0.1, 0.15) is 5.82 Å². The molecule has 5 nitrogen and oxygen atoms in total. The van der Waals surface area contributed by atoms with Crippen molar-refractivity contribution in [1.29, 1.82) is 0 Å². The number of aryl methyl sites for hydroxylation is 4. The van der Waals surface area contributed by atoms with Gasteiger partial charge in [-0.1, -0.05) is 35.1 Å². The Morgan fingerprint density at radius 1 is 1.04 bits per heavy atom. The number of nitrogens with zero attached hydrogens (tertiary/aromatic N) is 3. The number of hydrogen-bond donors (Lipinski definition) is 1. The number of fused-ring (bicyclic) bond motifs is 1. The third kappa shape index (κ3) is 3.30. The summed E-state index contributed by atoms with van der Waals surface area (Å²) in [6.45, 7) is 7.90. The zero-order chi connectivity index (χ0) is 20.0. The van der Waals surface area contributed by atoms with Gasteiger partial charge in [-0.2, -0.15) is 9.78 Å². The molecule has 142 valence electrons. The molecule has 0 fully saturated rings. The summed E-state index contributed by atoms with van der Waals surface area (Å²) >= 11 is 7.79. The highest BCUT2D eigenvalue weighted by molar-refractivity contribution is 7.21. The minimum Gasteiger partial charge on any atom is -0.306 e. The number of aromatic nitrogens is 3. The zero-order valence-electron chi connectivity index (χ0n) is 16.0. The van der Waals surface area contributed by atoms with E-state index in [0.717, 1.165) is 32.6 Å². The Bertz CT molecular complexity index is 1190. The van der Waals surface area contributed by atoms with Gasteiger partial charge >= 0.3 is 0 Å². The number of carbonyl (C=O) groups excluding carboxylic acids is 1. The van der Waals surface area contributed by atoms with Gasteiger partial charge in [0.15, 0.2) is 0 Å². The molecule has 0 atom stereocenters. The van der Waals surface area contributed by atoms with Gasteiger partial charge < -0.3 is 5.32 Å². The van der Waals surface area contributed by atoms with Gasteiger partial charge in [0.05, 0.1) is 20.9 Å². The Balaban J connectivity index is 1.73. The lowest BCUT2D eigenvalue weighted by Gasteiger charge is -2.08. The molecule has 0 saturated carbocycles. The highest BCUT2D eigenvalue weighted by atomic mass is 35.5. The second-order valence-corrected chi connectivity index (χ2v) is 8.26. The second kappa shape index (κ2) is 7.04. The van der Waals surface area contributed by atoms with Gasteiger partial charge in [-0.3, -0.25) is 4.79 Å². The molecule has 4 rings (SSSR count). The van der Waals surface area contributed by atoms with E-state index < -0.39 is 0 Å². The summed E-state index contributed by atoms with van der Waals surface area (Å²) in [5.41, 5.74) is 5.53. The molecule has 0 aliphatic rings. The number of halogens is 1. The predicted molar refractivity (Wildman–Crippen MR) is 115 cm³/mol. The molecule has 7 heteroatoms. The molecular weight excluding hydrogens is 392 g/mol. The van der Waals surface area contributed by atoms with Crippen LogP contribution in [0.5, 0.6) is 0 Å². The van der Waals surface area contributed by atoms with E-state index in [-0.39, 0.29) is 5.91 Å². The van der Waals surface area contributed by atoms with E-state index in [1.165, 1.54) is 11.3 Å². The van der Waals surface area contributed by atoms with E-state index in [9.17, 15) is 4.79 Å². The van der Waals surface area contributed by atoms with Crippen LogP contribution in [0.1, 0.15) is 32.7 Å². The fourth-order valence-corrected chi connectivity index (χ4v) is 4.27. The van der Waals surface area contributed by atoms with Gasteiger partial charge in [0, 0.05) is 11.6 Å². The van der Waals surface area contributed by atoms with E-state index in [4.69, 9.17) is 16.6 Å². The Morgan fingerprint density at radius 3 is 2.50 bits per heavy atom. The Labute approximate surface area is 172 Å². The molecule has 0 bridgehead atoms. The smallest absolute Gasteiger partial charge is 0.256 e. The standard InChI is InChI=1S/C21H19ClN4OS/c1-11-5-7-15(9-13(11)3)20(27)23-17-10-14(4)25-26(17)21-24-18-12(2)6-8-16(22)19(18)28-21/h5-10H,1-4H3,(H,23,27). The monoisotopic (exact) mass is 410 g/mol. The molecule has 28 heavy (non-hydrogen) atoms. The van der Waals surface area contributed by atoms with Gasteiger partial charge in [0.2, 0.25) is 5.13 Å². The number of nitrogens with one attached hydrogen (secondary N) is 1. The van der Waals surface area contributed by atoms with Crippen molar-refractivity contribution in [3.05, 3.63) is 69.4 Å². The molecule has 4 aromatic rings. The number of anilines is 1. The molecule has 0 radical (unpaired) electrons. The summed E-state index contributed by atoms with van der Waals surface area (Å²) in [5, 5.41) is 8.81. The highest BCUT2D eigenvalue weighted by Crippen LogP contribution is 2.34. The summed E-state index contributed by atoms with van der Waals surface area (Å²) in [4.78, 5) is 17.5. The summed E-state index contributed by atoms with van der Waals surface area (Å²) in [7, 11) is 0. The van der Waals surface area contributed by atoms with Crippen LogP contribution in [0, 0.1) is 27.7 Å². The number of amides is 1. The topological polar surface area (TPSA) is 59.8 Å². The maximum atomic E-state index is 12.8. The summed E-state index contributed by atoms with van der Waals surface area (Å²) in [5.74, 6) is 0.396. The summed E-state index contributed by atoms with van der Waals surface area (Å²) in [6, 6.07) is 11.3. The van der Waals surface area contributed by atoms with Crippen molar-refractivity contribution in [2.24, 2.45) is 0 Å². The van der Waals surface area contributed by atoms with Gasteiger partial charge in [-0.25, -0.2) is 4.98 Å². The normalized spacial score (nSPS) is 11.2. The molecule has 0 aliphatic carbocycles. The van der Waals surface area contributed by atoms with Crippen LogP contribution >= 0.6 is 22.9 Å². The van der Waals surface area contributed by atoms with E-state index >= 15 is 0 Å². The van der Waals surface area contributed by atoms with Gasteiger partial charge in [-0.15, -0.1) is 0 Å². The lowest BCUT2D eigenvalue weighted by molar-refractivity contribution is 0.102. The number of rotatable bonds is 3. The van der Waals surface area contributed by atoms with Crippen molar-refractivity contribution < 1.29 is 4.79 Å². The SMILES string of the molecule is Cc1cc(NC(=O)c2ccc(C)c(C)c2)n(-c2nc3c(C)ccc(Cl)c3s2)n1. The van der Waals surface area contributed by atoms with Crippen LogP contribution in [-0.4, -0.2) is 20.7 Å². The maximum Gasteiger partial charge on any atom is 0.256 e. The molecule has 1 N–H and O–H groups in total. The molecule has 0 aliphatic heterocycles. The fourth-order valence-electron chi connectivity index (χ4n) is 2.99. The largest absolute Gasteiger partial charge is 0.306 e. The van der Waals surface area contributed by atoms with Crippen molar-refractivity contribution in [2.75, 3.05) is 5.32 Å². The molecule has 0 spiro atoms. The average Bonchev–Trinajstić information content (AvgIpc) is 3.25. The minimum atomic E-state index is -0.181. The van der Waals surface area contributed by atoms with Crippen molar-refractivity contribution in [3.8, 4) is 5.13 Å². The molecular formula is C21H19ClN4OS. The van der Waals surface area contributed by atoms with Crippen LogP contribution in [0.15, 0.2) is 36.4 Å². The van der Waals surface area contributed by atoms with Crippen LogP contribution in [-0.2, 0) is 0 Å². The first-order valence-corrected chi connectivity index (χ1v) is 10.0. The van der Waals surface area contributed by atoms with Crippen LogP contribution in [0.4, 0.5) is 5.82 Å². The number of thiazole rings is 1. The van der Waals surface area contributed by atoms with E-state index in [2.05, 4.69) is 10.4 Å². The van der Waals surface area contributed by atoms with Gasteiger partial charge in [0.25, 0.3) is 5.91 Å². The lowest BCUT2D eigenvalue weighted by Crippen LogP contribution is -2.15. The van der Waals surface area contributed by atoms with E-state index in [1.807, 2.05) is 64.1 Å². The maximum absolute atomic E-state index is 12.8. The number of benzene rings is 2. The zero-order valence-corrected chi connectivity index (χ0v) is 17.6. The van der Waals surface area contributed by atoms with E-state index in [1.54, 1.807) is 4.68 Å². The van der Waals surface area contributed by atoms with Crippen LogP contribution in [0.3, 0.4) is 0 Å². The van der Waals surface area contributed by atoms with Crippen molar-refractivity contribution in [2.45, 2.75) is 27.7 Å². The Kier molecular flexibility index (Phi) is 4.69. The molecule has 0 unspecified atom stereocenters. The summed E-state index contributed by atoms with van der Waals surface area (Å²) in [6.07, 6.45) is 0. The predicted octanol–water partition coefficient (Wildman–Crippen LogP) is 5.62. The van der Waals surface area contributed by atoms with Crippen molar-refractivity contribution in [3.63, 3.8) is 0 Å². The fraction of sp³-hybridized carbons (Fsp3) is 0.190. The van der Waals surface area contributed by atoms with Gasteiger partial charge in [-0.05, 0) is 62.6 Å². The first kappa shape index (κ1) is 18.7. The highest BCUT2D eigenvalue weighted by Gasteiger charge is 2.17. The number of carbonyl (C=O) groups is 1. The van der Waals surface area contributed by atoms with Crippen molar-refractivity contribution in [1.82, 2.24) is 14.8 Å². The third-order valence-electron chi connectivity index (χ3n) is 4.71. The molecule has 2 heterocycles. The van der Waals surface area contributed by atoms with Crippen LogP contribution < -0.4 is 5.32 Å². The van der Waals surface area contributed by atoms with Crippen LogP contribution in [0.2, 0.25) is 5.02 Å². The summed E-state index contributed by atoms with van der Waals surface area (Å²) < 4.78 is 2.57. The lowest BCUT2D eigenvalue weighted by atomic mass is 10.1. The van der Waals surface area contributed by atoms with E-state index in [0.29, 0.717) is 21.5 Å². The van der Waals surface area contributed by atoms with Crippen molar-refractivity contribution >= 4 is 44.9 Å². The Hall–Kier alpha value is -2.70. The molecule has 2 aromatic carbocycles. The second-order valence-electron chi connectivity index (χ2n) is 6.87. The average molecular weight is 411 g/mol. The molecule has 0 saturated heterocycles. The quantitative estimate of drug-likeness (QED) is 0.476. The first-order chi connectivity index (χ1) is 13.3. The minimum absolute atomic E-state index is 0.181. The first-order valence-electron chi connectivity index (χ1n) is 8.85. The molecule has 1 amide bonds. The Morgan fingerprint density at radius 2 is 1.79 bits per heavy atom. The molecule has 2 aromatic heterocycles. The van der Waals surface area contributed by atoms with Crippen LogP contribution in [0.25, 0.3) is 15.3 Å². The third-order valence-corrected chi connectivity index (χ3v) is 6.20. The number of hydrogen-bond acceptors (Lipinski definition) is 4.